The van der Waals surface area contributed by atoms with Crippen LogP contribution >= 0.6 is 24.0 Å². The van der Waals surface area contributed by atoms with Gasteiger partial charge in [0.25, 0.3) is 6.43 Å². The second-order valence-electron chi connectivity index (χ2n) is 5.58. The fourth-order valence-corrected chi connectivity index (χ4v) is 2.07. The largest absolute Gasteiger partial charge is 0.472 e. The van der Waals surface area contributed by atoms with Gasteiger partial charge in [0.05, 0.1) is 6.54 Å². The zero-order valence-corrected chi connectivity index (χ0v) is 17.1. The molecule has 1 heterocycles. The van der Waals surface area contributed by atoms with Gasteiger partial charge in [-0.3, -0.25) is 0 Å². The molecule has 0 unspecified atom stereocenters. The molecule has 0 aliphatic rings. The fraction of sp³-hybridized carbons (Fsp3) is 0.333. The molecule has 2 aromatic rings. The highest BCUT2D eigenvalue weighted by atomic mass is 127. The maximum absolute atomic E-state index is 12.2. The Kier molecular flexibility index (Phi) is 9.85. The van der Waals surface area contributed by atoms with Gasteiger partial charge in [-0.2, -0.15) is 0 Å². The topological polar surface area (TPSA) is 49.8 Å². The number of alkyl halides is 2. The lowest BCUT2D eigenvalue weighted by Gasteiger charge is -2.17. The highest BCUT2D eigenvalue weighted by Gasteiger charge is 2.06. The molecule has 1 aromatic carbocycles. The molecule has 8 heteroatoms. The molecule has 0 radical (unpaired) electrons. The molecule has 142 valence electrons. The van der Waals surface area contributed by atoms with Crippen molar-refractivity contribution in [2.45, 2.75) is 19.5 Å². The van der Waals surface area contributed by atoms with Crippen molar-refractivity contribution in [2.75, 3.05) is 20.7 Å². The smallest absolute Gasteiger partial charge is 0.272 e. The lowest BCUT2D eigenvalue weighted by molar-refractivity contribution is 0.0795. The SMILES string of the molecule is CN(C)C(=NCc1ccnc(OCC(F)F)c1)NCc1ccccc1.I. The van der Waals surface area contributed by atoms with Crippen LogP contribution in [0.15, 0.2) is 53.7 Å². The van der Waals surface area contributed by atoms with E-state index in [-0.39, 0.29) is 29.9 Å². The van der Waals surface area contributed by atoms with Gasteiger partial charge in [0, 0.05) is 32.9 Å². The van der Waals surface area contributed by atoms with Crippen LogP contribution in [-0.4, -0.2) is 43.0 Å². The molecule has 0 aliphatic heterocycles. The van der Waals surface area contributed by atoms with Crippen molar-refractivity contribution >= 4 is 29.9 Å². The van der Waals surface area contributed by atoms with E-state index in [1.807, 2.05) is 49.3 Å². The van der Waals surface area contributed by atoms with Gasteiger partial charge >= 0.3 is 0 Å². The molecule has 26 heavy (non-hydrogen) atoms. The van der Waals surface area contributed by atoms with Crippen molar-refractivity contribution in [1.29, 1.82) is 0 Å². The molecule has 0 spiro atoms. The van der Waals surface area contributed by atoms with E-state index in [9.17, 15) is 8.78 Å². The predicted octanol–water partition coefficient (Wildman–Crippen LogP) is 3.55. The van der Waals surface area contributed by atoms with E-state index < -0.39 is 13.0 Å². The minimum absolute atomic E-state index is 0. The molecule has 0 atom stereocenters. The first-order valence-electron chi connectivity index (χ1n) is 7.90. The Morgan fingerprint density at radius 1 is 1.19 bits per heavy atom. The normalized spacial score (nSPS) is 11.0. The third-order valence-corrected chi connectivity index (χ3v) is 3.28. The standard InChI is InChI=1S/C18H22F2N4O.HI/c1-24(2)18(22-11-14-6-4-3-5-7-14)23-12-15-8-9-21-17(10-15)25-13-16(19)20;/h3-10,16H,11-13H2,1-2H3,(H,22,23);1H. The summed E-state index contributed by atoms with van der Waals surface area (Å²) in [5, 5.41) is 3.29. The van der Waals surface area contributed by atoms with E-state index in [0.717, 1.165) is 17.1 Å². The Morgan fingerprint density at radius 2 is 1.92 bits per heavy atom. The van der Waals surface area contributed by atoms with E-state index in [4.69, 9.17) is 4.74 Å². The molecule has 1 aromatic heterocycles. The monoisotopic (exact) mass is 476 g/mol. The van der Waals surface area contributed by atoms with E-state index in [0.29, 0.717) is 13.1 Å². The Balaban J connectivity index is 0.00000338. The van der Waals surface area contributed by atoms with Gasteiger partial charge in [-0.25, -0.2) is 18.8 Å². The summed E-state index contributed by atoms with van der Waals surface area (Å²) in [5.41, 5.74) is 1.99. The van der Waals surface area contributed by atoms with Crippen LogP contribution in [0.4, 0.5) is 8.78 Å². The molecule has 2 rings (SSSR count). The third kappa shape index (κ3) is 7.94. The molecule has 0 saturated carbocycles. The molecular formula is C18H23F2IN4O. The lowest BCUT2D eigenvalue weighted by Crippen LogP contribution is -2.36. The zero-order valence-electron chi connectivity index (χ0n) is 14.7. The number of halogens is 3. The number of nitrogens with one attached hydrogen (secondary N) is 1. The van der Waals surface area contributed by atoms with Crippen LogP contribution in [0, 0.1) is 0 Å². The van der Waals surface area contributed by atoms with Crippen LogP contribution in [0.1, 0.15) is 11.1 Å². The number of rotatable bonds is 7. The third-order valence-electron chi connectivity index (χ3n) is 3.28. The minimum Gasteiger partial charge on any atom is -0.472 e. The average molecular weight is 476 g/mol. The van der Waals surface area contributed by atoms with Gasteiger partial charge in [0.1, 0.15) is 0 Å². The molecule has 0 bridgehead atoms. The first kappa shape index (κ1) is 22.1. The lowest BCUT2D eigenvalue weighted by atomic mass is 10.2. The summed E-state index contributed by atoms with van der Waals surface area (Å²) < 4.78 is 29.3. The Bertz CT molecular complexity index is 684. The second kappa shape index (κ2) is 11.6. The zero-order chi connectivity index (χ0) is 18.1. The molecule has 1 N–H and O–H groups in total. The fourth-order valence-electron chi connectivity index (χ4n) is 2.07. The number of hydrogen-bond acceptors (Lipinski definition) is 3. The highest BCUT2D eigenvalue weighted by molar-refractivity contribution is 14.0. The number of nitrogens with zero attached hydrogens (tertiary/aromatic N) is 3. The van der Waals surface area contributed by atoms with Crippen LogP contribution in [0.3, 0.4) is 0 Å². The van der Waals surface area contributed by atoms with E-state index >= 15 is 0 Å². The van der Waals surface area contributed by atoms with E-state index in [2.05, 4.69) is 15.3 Å². The summed E-state index contributed by atoms with van der Waals surface area (Å²) >= 11 is 0. The summed E-state index contributed by atoms with van der Waals surface area (Å²) in [5.74, 6) is 0.910. The number of ether oxygens (including phenoxy) is 1. The predicted molar refractivity (Wildman–Crippen MR) is 109 cm³/mol. The summed E-state index contributed by atoms with van der Waals surface area (Å²) in [6, 6.07) is 13.4. The van der Waals surface area contributed by atoms with Crippen LogP contribution in [0.5, 0.6) is 5.88 Å². The first-order valence-corrected chi connectivity index (χ1v) is 7.90. The van der Waals surface area contributed by atoms with Crippen LogP contribution < -0.4 is 10.1 Å². The molecule has 0 aliphatic carbocycles. The number of pyridine rings is 1. The summed E-state index contributed by atoms with van der Waals surface area (Å²) in [7, 11) is 3.81. The van der Waals surface area contributed by atoms with Crippen molar-refractivity contribution in [2.24, 2.45) is 4.99 Å². The minimum atomic E-state index is -2.52. The van der Waals surface area contributed by atoms with Crippen molar-refractivity contribution in [3.05, 3.63) is 59.8 Å². The summed E-state index contributed by atoms with van der Waals surface area (Å²) in [6.45, 7) is 0.390. The van der Waals surface area contributed by atoms with E-state index in [1.165, 1.54) is 6.20 Å². The van der Waals surface area contributed by atoms with Crippen molar-refractivity contribution < 1.29 is 13.5 Å². The van der Waals surface area contributed by atoms with Gasteiger partial charge in [0.15, 0.2) is 12.6 Å². The number of benzene rings is 1. The maximum atomic E-state index is 12.2. The van der Waals surface area contributed by atoms with Gasteiger partial charge in [-0.15, -0.1) is 24.0 Å². The van der Waals surface area contributed by atoms with Crippen LogP contribution in [0.25, 0.3) is 0 Å². The highest BCUT2D eigenvalue weighted by Crippen LogP contribution is 2.11. The molecule has 0 saturated heterocycles. The summed E-state index contributed by atoms with van der Waals surface area (Å²) in [4.78, 5) is 10.4. The van der Waals surface area contributed by atoms with E-state index in [1.54, 1.807) is 12.1 Å². The van der Waals surface area contributed by atoms with Crippen LogP contribution in [-0.2, 0) is 13.1 Å². The molecule has 5 nitrogen and oxygen atoms in total. The van der Waals surface area contributed by atoms with Gasteiger partial charge < -0.3 is 15.0 Å². The number of guanidine groups is 1. The Morgan fingerprint density at radius 3 is 2.58 bits per heavy atom. The van der Waals surface area contributed by atoms with Crippen LogP contribution in [0.2, 0.25) is 0 Å². The Labute approximate surface area is 169 Å². The molecule has 0 amide bonds. The Hall–Kier alpha value is -1.97. The molecule has 0 fully saturated rings. The molecular weight excluding hydrogens is 453 g/mol. The van der Waals surface area contributed by atoms with Gasteiger partial charge in [-0.1, -0.05) is 30.3 Å². The number of hydrogen-bond donors (Lipinski definition) is 1. The maximum Gasteiger partial charge on any atom is 0.272 e. The van der Waals surface area contributed by atoms with Crippen molar-refractivity contribution in [1.82, 2.24) is 15.2 Å². The number of aromatic nitrogens is 1. The van der Waals surface area contributed by atoms with Gasteiger partial charge in [-0.05, 0) is 17.2 Å². The quantitative estimate of drug-likeness (QED) is 0.378. The van der Waals surface area contributed by atoms with Crippen molar-refractivity contribution in [3.63, 3.8) is 0 Å². The first-order chi connectivity index (χ1) is 12.0. The number of aliphatic imine (C=N–C) groups is 1. The van der Waals surface area contributed by atoms with Crippen molar-refractivity contribution in [3.8, 4) is 5.88 Å². The average Bonchev–Trinajstić information content (AvgIpc) is 2.61. The second-order valence-corrected chi connectivity index (χ2v) is 5.58. The summed E-state index contributed by atoms with van der Waals surface area (Å²) in [6.07, 6.45) is -0.996. The van der Waals surface area contributed by atoms with Gasteiger partial charge in [0.2, 0.25) is 5.88 Å².